The largest absolute Gasteiger partial charge is 0.475 e. The standard InChI is InChI=1S/C15H23N3O2S/c1-5-7-16-14-17-12(11-6-10-21-13(11)18-14)19-8-9-20-15(2,3)4/h6,10H,5,7-9H2,1-4H3,(H,16,17,18). The molecule has 2 aromatic heterocycles. The van der Waals surface area contributed by atoms with Crippen LogP contribution in [0.25, 0.3) is 10.2 Å². The van der Waals surface area contributed by atoms with Crippen molar-refractivity contribution in [3.05, 3.63) is 11.4 Å². The van der Waals surface area contributed by atoms with Gasteiger partial charge in [0.15, 0.2) is 0 Å². The fraction of sp³-hybridized carbons (Fsp3) is 0.600. The highest BCUT2D eigenvalue weighted by molar-refractivity contribution is 7.16. The van der Waals surface area contributed by atoms with E-state index in [1.54, 1.807) is 11.3 Å². The second kappa shape index (κ2) is 7.04. The number of ether oxygens (including phenoxy) is 2. The highest BCUT2D eigenvalue weighted by atomic mass is 32.1. The lowest BCUT2D eigenvalue weighted by molar-refractivity contribution is -0.0166. The molecule has 2 aromatic rings. The van der Waals surface area contributed by atoms with E-state index in [1.165, 1.54) is 0 Å². The lowest BCUT2D eigenvalue weighted by Crippen LogP contribution is -2.22. The van der Waals surface area contributed by atoms with Gasteiger partial charge in [-0.25, -0.2) is 4.98 Å². The first-order valence-corrected chi connectivity index (χ1v) is 8.13. The molecule has 2 rings (SSSR count). The van der Waals surface area contributed by atoms with Gasteiger partial charge < -0.3 is 14.8 Å². The van der Waals surface area contributed by atoms with Crippen molar-refractivity contribution in [2.75, 3.05) is 25.1 Å². The summed E-state index contributed by atoms with van der Waals surface area (Å²) in [5.41, 5.74) is -0.152. The number of hydrogen-bond acceptors (Lipinski definition) is 6. The Morgan fingerprint density at radius 1 is 1.24 bits per heavy atom. The van der Waals surface area contributed by atoms with Crippen molar-refractivity contribution in [2.45, 2.75) is 39.7 Å². The third-order valence-electron chi connectivity index (χ3n) is 2.68. The highest BCUT2D eigenvalue weighted by Crippen LogP contribution is 2.28. The van der Waals surface area contributed by atoms with E-state index in [-0.39, 0.29) is 5.60 Å². The minimum absolute atomic E-state index is 0.152. The molecule has 0 spiro atoms. The molecule has 0 atom stereocenters. The minimum Gasteiger partial charge on any atom is -0.475 e. The van der Waals surface area contributed by atoms with Gasteiger partial charge in [-0.1, -0.05) is 6.92 Å². The summed E-state index contributed by atoms with van der Waals surface area (Å²) in [5, 5.41) is 6.16. The van der Waals surface area contributed by atoms with Crippen LogP contribution in [0.5, 0.6) is 5.88 Å². The Bertz CT molecular complexity index is 578. The van der Waals surface area contributed by atoms with Gasteiger partial charge in [0.1, 0.15) is 11.4 Å². The smallest absolute Gasteiger partial charge is 0.227 e. The van der Waals surface area contributed by atoms with Gasteiger partial charge in [0, 0.05) is 6.54 Å². The zero-order chi connectivity index (χ0) is 15.3. The third-order valence-corrected chi connectivity index (χ3v) is 3.49. The third kappa shape index (κ3) is 4.82. The fourth-order valence-corrected chi connectivity index (χ4v) is 2.49. The van der Waals surface area contributed by atoms with E-state index in [0.717, 1.165) is 23.2 Å². The van der Waals surface area contributed by atoms with E-state index >= 15 is 0 Å². The Labute approximate surface area is 129 Å². The Hall–Kier alpha value is -1.40. The molecule has 0 aromatic carbocycles. The first kappa shape index (κ1) is 16.0. The molecule has 21 heavy (non-hydrogen) atoms. The number of fused-ring (bicyclic) bond motifs is 1. The SMILES string of the molecule is CCCNc1nc(OCCOC(C)(C)C)c2ccsc2n1. The summed E-state index contributed by atoms with van der Waals surface area (Å²) in [4.78, 5) is 9.88. The van der Waals surface area contributed by atoms with Crippen LogP contribution < -0.4 is 10.1 Å². The number of anilines is 1. The lowest BCUT2D eigenvalue weighted by atomic mass is 10.2. The zero-order valence-electron chi connectivity index (χ0n) is 13.1. The van der Waals surface area contributed by atoms with Crippen molar-refractivity contribution in [3.8, 4) is 5.88 Å². The van der Waals surface area contributed by atoms with Crippen LogP contribution in [0.15, 0.2) is 11.4 Å². The second-order valence-electron chi connectivity index (χ2n) is 5.73. The van der Waals surface area contributed by atoms with Crippen LogP contribution in [-0.2, 0) is 4.74 Å². The predicted molar refractivity (Wildman–Crippen MR) is 87.4 cm³/mol. The first-order chi connectivity index (χ1) is 9.99. The molecule has 0 unspecified atom stereocenters. The van der Waals surface area contributed by atoms with Gasteiger partial charge in [-0.3, -0.25) is 0 Å². The number of nitrogens with one attached hydrogen (secondary N) is 1. The van der Waals surface area contributed by atoms with Crippen molar-refractivity contribution in [3.63, 3.8) is 0 Å². The molecule has 0 saturated carbocycles. The van der Waals surface area contributed by atoms with Gasteiger partial charge in [0.2, 0.25) is 11.8 Å². The summed E-state index contributed by atoms with van der Waals surface area (Å²) in [7, 11) is 0. The highest BCUT2D eigenvalue weighted by Gasteiger charge is 2.12. The second-order valence-corrected chi connectivity index (χ2v) is 6.62. The Balaban J connectivity index is 2.04. The van der Waals surface area contributed by atoms with Crippen molar-refractivity contribution in [1.82, 2.24) is 9.97 Å². The maximum absolute atomic E-state index is 5.78. The van der Waals surface area contributed by atoms with Gasteiger partial charge in [-0.05, 0) is 38.6 Å². The quantitative estimate of drug-likeness (QED) is 0.790. The number of hydrogen-bond donors (Lipinski definition) is 1. The van der Waals surface area contributed by atoms with Crippen LogP contribution in [0.2, 0.25) is 0 Å². The molecule has 0 aliphatic rings. The lowest BCUT2D eigenvalue weighted by Gasteiger charge is -2.19. The molecule has 0 fully saturated rings. The number of thiophene rings is 1. The van der Waals surface area contributed by atoms with Crippen LogP contribution in [0.1, 0.15) is 34.1 Å². The minimum atomic E-state index is -0.152. The van der Waals surface area contributed by atoms with Crippen LogP contribution in [0.3, 0.4) is 0 Å². The van der Waals surface area contributed by atoms with Gasteiger partial charge in [-0.2, -0.15) is 4.98 Å². The van der Waals surface area contributed by atoms with Gasteiger partial charge in [0.05, 0.1) is 17.6 Å². The van der Waals surface area contributed by atoms with Crippen LogP contribution in [0, 0.1) is 0 Å². The topological polar surface area (TPSA) is 56.3 Å². The summed E-state index contributed by atoms with van der Waals surface area (Å²) in [6.07, 6.45) is 1.03. The molecule has 2 heterocycles. The van der Waals surface area contributed by atoms with Crippen LogP contribution in [-0.4, -0.2) is 35.3 Å². The average molecular weight is 309 g/mol. The Kier molecular flexibility index (Phi) is 5.36. The molecule has 0 aliphatic heterocycles. The number of rotatable bonds is 7. The van der Waals surface area contributed by atoms with E-state index in [0.29, 0.717) is 25.0 Å². The van der Waals surface area contributed by atoms with Crippen molar-refractivity contribution >= 4 is 27.5 Å². The maximum Gasteiger partial charge on any atom is 0.227 e. The molecule has 0 aliphatic carbocycles. The van der Waals surface area contributed by atoms with E-state index in [1.807, 2.05) is 32.2 Å². The summed E-state index contributed by atoms with van der Waals surface area (Å²) < 4.78 is 11.4. The summed E-state index contributed by atoms with van der Waals surface area (Å²) >= 11 is 1.59. The summed E-state index contributed by atoms with van der Waals surface area (Å²) in [6, 6.07) is 1.99. The number of nitrogens with zero attached hydrogens (tertiary/aromatic N) is 2. The maximum atomic E-state index is 5.78. The molecule has 0 saturated heterocycles. The zero-order valence-corrected chi connectivity index (χ0v) is 13.9. The van der Waals surface area contributed by atoms with E-state index in [9.17, 15) is 0 Å². The van der Waals surface area contributed by atoms with Crippen LogP contribution >= 0.6 is 11.3 Å². The van der Waals surface area contributed by atoms with E-state index in [4.69, 9.17) is 9.47 Å². The predicted octanol–water partition coefficient (Wildman–Crippen LogP) is 3.71. The molecule has 0 radical (unpaired) electrons. The Morgan fingerprint density at radius 3 is 2.76 bits per heavy atom. The van der Waals surface area contributed by atoms with Crippen molar-refractivity contribution in [2.24, 2.45) is 0 Å². The van der Waals surface area contributed by atoms with Gasteiger partial charge >= 0.3 is 0 Å². The molecule has 0 bridgehead atoms. The van der Waals surface area contributed by atoms with Gasteiger partial charge in [0.25, 0.3) is 0 Å². The Morgan fingerprint density at radius 2 is 2.05 bits per heavy atom. The molecule has 0 amide bonds. The fourth-order valence-electron chi connectivity index (χ4n) is 1.74. The summed E-state index contributed by atoms with van der Waals surface area (Å²) in [5.74, 6) is 1.25. The first-order valence-electron chi connectivity index (χ1n) is 7.25. The van der Waals surface area contributed by atoms with E-state index < -0.39 is 0 Å². The molecule has 116 valence electrons. The monoisotopic (exact) mass is 309 g/mol. The van der Waals surface area contributed by atoms with Crippen molar-refractivity contribution < 1.29 is 9.47 Å². The molecule has 6 heteroatoms. The van der Waals surface area contributed by atoms with E-state index in [2.05, 4.69) is 22.2 Å². The van der Waals surface area contributed by atoms with Crippen molar-refractivity contribution in [1.29, 1.82) is 0 Å². The molecule has 1 N–H and O–H groups in total. The van der Waals surface area contributed by atoms with Gasteiger partial charge in [-0.15, -0.1) is 11.3 Å². The molecular weight excluding hydrogens is 286 g/mol. The molecular formula is C15H23N3O2S. The summed E-state index contributed by atoms with van der Waals surface area (Å²) in [6.45, 7) is 10.1. The molecule has 5 nitrogen and oxygen atoms in total. The normalized spacial score (nSPS) is 11.8. The number of aromatic nitrogens is 2. The average Bonchev–Trinajstić information content (AvgIpc) is 2.88. The van der Waals surface area contributed by atoms with Crippen LogP contribution in [0.4, 0.5) is 5.95 Å².